The Bertz CT molecular complexity index is 847. The van der Waals surface area contributed by atoms with E-state index in [9.17, 15) is 14.4 Å². The smallest absolute Gasteiger partial charge is 0.341 e. The van der Waals surface area contributed by atoms with Gasteiger partial charge in [0, 0.05) is 5.56 Å². The zero-order valence-electron chi connectivity index (χ0n) is 15.2. The Kier molecular flexibility index (Phi) is 6.67. The number of anilines is 1. The molecular formula is C20H22N2O5. The molecule has 0 aromatic heterocycles. The Morgan fingerprint density at radius 3 is 2.19 bits per heavy atom. The van der Waals surface area contributed by atoms with Crippen molar-refractivity contribution in [2.75, 3.05) is 12.3 Å². The molecule has 0 heterocycles. The van der Waals surface area contributed by atoms with Crippen LogP contribution < -0.4 is 11.5 Å². The van der Waals surface area contributed by atoms with E-state index in [0.717, 1.165) is 5.56 Å². The summed E-state index contributed by atoms with van der Waals surface area (Å²) in [5.41, 5.74) is 12.1. The third-order valence-corrected chi connectivity index (χ3v) is 3.84. The van der Waals surface area contributed by atoms with E-state index in [1.807, 2.05) is 18.2 Å². The molecule has 0 fully saturated rings. The van der Waals surface area contributed by atoms with Crippen LogP contribution in [0.15, 0.2) is 42.5 Å². The number of carbonyl (C=O) groups is 3. The minimum atomic E-state index is -0.849. The molecule has 2 aromatic carbocycles. The highest BCUT2D eigenvalue weighted by Gasteiger charge is 2.27. The van der Waals surface area contributed by atoms with Gasteiger partial charge in [0.2, 0.25) is 0 Å². The minimum absolute atomic E-state index is 0.00540. The summed E-state index contributed by atoms with van der Waals surface area (Å²) in [6.45, 7) is 3.29. The molecule has 0 amide bonds. The number of esters is 2. The second-order valence-electron chi connectivity index (χ2n) is 5.88. The standard InChI is InChI=1S/C20H22N2O5/c1-3-26-19(24)15-10-9-14(18(23)12(2)21)16(17(15)22)20(25)27-11-13-7-5-4-6-8-13/h4-10,12H,3,11,21-22H2,1-2H3/t12-/m0/s1. The van der Waals surface area contributed by atoms with Crippen LogP contribution in [-0.4, -0.2) is 30.4 Å². The van der Waals surface area contributed by atoms with Gasteiger partial charge in [-0.3, -0.25) is 4.79 Å². The van der Waals surface area contributed by atoms with Crippen molar-refractivity contribution >= 4 is 23.4 Å². The summed E-state index contributed by atoms with van der Waals surface area (Å²) in [5.74, 6) is -1.98. The van der Waals surface area contributed by atoms with Crippen LogP contribution in [0.3, 0.4) is 0 Å². The molecule has 7 nitrogen and oxygen atoms in total. The van der Waals surface area contributed by atoms with Crippen LogP contribution in [0.1, 0.15) is 50.5 Å². The van der Waals surface area contributed by atoms with E-state index in [1.165, 1.54) is 19.1 Å². The van der Waals surface area contributed by atoms with Gasteiger partial charge in [-0.2, -0.15) is 0 Å². The van der Waals surface area contributed by atoms with Crippen molar-refractivity contribution in [3.63, 3.8) is 0 Å². The van der Waals surface area contributed by atoms with Crippen molar-refractivity contribution < 1.29 is 23.9 Å². The van der Waals surface area contributed by atoms with Gasteiger partial charge in [0.25, 0.3) is 0 Å². The highest BCUT2D eigenvalue weighted by Crippen LogP contribution is 2.25. The van der Waals surface area contributed by atoms with Crippen LogP contribution in [0, 0.1) is 0 Å². The normalized spacial score (nSPS) is 11.5. The monoisotopic (exact) mass is 370 g/mol. The van der Waals surface area contributed by atoms with Crippen molar-refractivity contribution in [2.45, 2.75) is 26.5 Å². The third kappa shape index (κ3) is 4.71. The maximum atomic E-state index is 12.7. The Morgan fingerprint density at radius 2 is 1.59 bits per heavy atom. The molecule has 0 aliphatic heterocycles. The number of ether oxygens (including phenoxy) is 2. The third-order valence-electron chi connectivity index (χ3n) is 3.84. The fraction of sp³-hybridized carbons (Fsp3) is 0.250. The van der Waals surface area contributed by atoms with Gasteiger partial charge in [-0.15, -0.1) is 0 Å². The molecule has 0 saturated carbocycles. The van der Waals surface area contributed by atoms with Gasteiger partial charge in [-0.25, -0.2) is 9.59 Å². The minimum Gasteiger partial charge on any atom is -0.462 e. The number of hydrogen-bond donors (Lipinski definition) is 2. The second kappa shape index (κ2) is 8.95. The average molecular weight is 370 g/mol. The van der Waals surface area contributed by atoms with Crippen LogP contribution >= 0.6 is 0 Å². The van der Waals surface area contributed by atoms with Crippen LogP contribution in [0.2, 0.25) is 0 Å². The lowest BCUT2D eigenvalue weighted by Crippen LogP contribution is -2.29. The number of nitrogen functional groups attached to an aromatic ring is 1. The van der Waals surface area contributed by atoms with E-state index in [2.05, 4.69) is 0 Å². The van der Waals surface area contributed by atoms with Crippen molar-refractivity contribution in [1.82, 2.24) is 0 Å². The summed E-state index contributed by atoms with van der Waals surface area (Å²) >= 11 is 0. The largest absolute Gasteiger partial charge is 0.462 e. The molecule has 0 unspecified atom stereocenters. The Hall–Kier alpha value is -3.19. The number of ketones is 1. The first-order valence-corrected chi connectivity index (χ1v) is 8.47. The number of Topliss-reactive ketones (excluding diaryl/α,β-unsaturated/α-hetero) is 1. The summed E-state index contributed by atoms with van der Waals surface area (Å²) in [4.78, 5) is 37.1. The van der Waals surface area contributed by atoms with Gasteiger partial charge in [-0.05, 0) is 31.5 Å². The molecule has 0 spiro atoms. The highest BCUT2D eigenvalue weighted by atomic mass is 16.5. The summed E-state index contributed by atoms with van der Waals surface area (Å²) in [5, 5.41) is 0. The SMILES string of the molecule is CCOC(=O)c1ccc(C(=O)[C@H](C)N)c(C(=O)OCc2ccccc2)c1N. The lowest BCUT2D eigenvalue weighted by atomic mass is 9.95. The molecule has 1 atom stereocenters. The lowest BCUT2D eigenvalue weighted by Gasteiger charge is -2.15. The molecular weight excluding hydrogens is 348 g/mol. The Labute approximate surface area is 157 Å². The number of hydrogen-bond acceptors (Lipinski definition) is 7. The molecule has 0 saturated heterocycles. The van der Waals surface area contributed by atoms with Crippen molar-refractivity contribution in [2.24, 2.45) is 5.73 Å². The van der Waals surface area contributed by atoms with Gasteiger partial charge in [-0.1, -0.05) is 30.3 Å². The van der Waals surface area contributed by atoms with E-state index in [4.69, 9.17) is 20.9 Å². The van der Waals surface area contributed by atoms with E-state index in [0.29, 0.717) is 0 Å². The summed E-state index contributed by atoms with van der Waals surface area (Å²) in [6, 6.07) is 10.9. The molecule has 142 valence electrons. The maximum Gasteiger partial charge on any atom is 0.341 e. The van der Waals surface area contributed by atoms with Gasteiger partial charge in [0.05, 0.1) is 29.5 Å². The fourth-order valence-corrected chi connectivity index (χ4v) is 2.47. The van der Waals surface area contributed by atoms with Crippen LogP contribution in [0.5, 0.6) is 0 Å². The zero-order valence-corrected chi connectivity index (χ0v) is 15.2. The highest BCUT2D eigenvalue weighted by molar-refractivity contribution is 6.13. The zero-order chi connectivity index (χ0) is 20.0. The first-order valence-electron chi connectivity index (χ1n) is 8.47. The predicted octanol–water partition coefficient (Wildman–Crippen LogP) is 2.33. The molecule has 2 aromatic rings. The maximum absolute atomic E-state index is 12.7. The number of carbonyl (C=O) groups excluding carboxylic acids is 3. The first-order chi connectivity index (χ1) is 12.9. The quantitative estimate of drug-likeness (QED) is 0.436. The Morgan fingerprint density at radius 1 is 0.963 bits per heavy atom. The number of benzene rings is 2. The first kappa shape index (κ1) is 20.1. The summed E-state index contributed by atoms with van der Waals surface area (Å²) in [7, 11) is 0. The van der Waals surface area contributed by atoms with Crippen LogP contribution in [-0.2, 0) is 16.1 Å². The second-order valence-corrected chi connectivity index (χ2v) is 5.88. The number of nitrogens with two attached hydrogens (primary N) is 2. The van der Waals surface area contributed by atoms with Gasteiger partial charge >= 0.3 is 11.9 Å². The van der Waals surface area contributed by atoms with Gasteiger partial charge in [0.15, 0.2) is 5.78 Å². The van der Waals surface area contributed by atoms with E-state index in [1.54, 1.807) is 19.1 Å². The summed E-state index contributed by atoms with van der Waals surface area (Å²) in [6.07, 6.45) is 0. The molecule has 0 aliphatic rings. The molecule has 7 heteroatoms. The van der Waals surface area contributed by atoms with E-state index in [-0.39, 0.29) is 35.6 Å². The fourth-order valence-electron chi connectivity index (χ4n) is 2.47. The van der Waals surface area contributed by atoms with Crippen molar-refractivity contribution in [3.05, 3.63) is 64.7 Å². The molecule has 4 N–H and O–H groups in total. The van der Waals surface area contributed by atoms with E-state index >= 15 is 0 Å². The van der Waals surface area contributed by atoms with Crippen LogP contribution in [0.25, 0.3) is 0 Å². The molecule has 0 bridgehead atoms. The van der Waals surface area contributed by atoms with Crippen molar-refractivity contribution in [1.29, 1.82) is 0 Å². The predicted molar refractivity (Wildman–Crippen MR) is 100 cm³/mol. The Balaban J connectivity index is 2.42. The van der Waals surface area contributed by atoms with Gasteiger partial charge in [0.1, 0.15) is 6.61 Å². The van der Waals surface area contributed by atoms with Crippen LogP contribution in [0.4, 0.5) is 5.69 Å². The molecule has 2 rings (SSSR count). The lowest BCUT2D eigenvalue weighted by molar-refractivity contribution is 0.0471. The summed E-state index contributed by atoms with van der Waals surface area (Å²) < 4.78 is 10.2. The molecule has 27 heavy (non-hydrogen) atoms. The van der Waals surface area contributed by atoms with E-state index < -0.39 is 23.8 Å². The number of rotatable bonds is 7. The average Bonchev–Trinajstić information content (AvgIpc) is 2.66. The van der Waals surface area contributed by atoms with Crippen molar-refractivity contribution in [3.8, 4) is 0 Å². The molecule has 0 aliphatic carbocycles. The topological polar surface area (TPSA) is 122 Å². The molecule has 0 radical (unpaired) electrons. The van der Waals surface area contributed by atoms with Gasteiger partial charge < -0.3 is 20.9 Å².